The van der Waals surface area contributed by atoms with Gasteiger partial charge in [-0.25, -0.2) is 28.1 Å². The van der Waals surface area contributed by atoms with Gasteiger partial charge in [0.1, 0.15) is 18.3 Å². The lowest BCUT2D eigenvalue weighted by Gasteiger charge is -2.46. The van der Waals surface area contributed by atoms with E-state index in [0.717, 1.165) is 89.5 Å². The van der Waals surface area contributed by atoms with Gasteiger partial charge >= 0.3 is 17.1 Å². The van der Waals surface area contributed by atoms with Crippen LogP contribution in [0.3, 0.4) is 0 Å². The number of aromatic nitrogens is 3. The van der Waals surface area contributed by atoms with Crippen molar-refractivity contribution in [2.24, 2.45) is 34.5 Å². The first-order valence-corrected chi connectivity index (χ1v) is 26.5. The lowest BCUT2D eigenvalue weighted by molar-refractivity contribution is -0.0879. The lowest BCUT2D eigenvalue weighted by atomic mass is 9.60. The van der Waals surface area contributed by atoms with Crippen LogP contribution in [0.2, 0.25) is 0 Å². The summed E-state index contributed by atoms with van der Waals surface area (Å²) < 4.78 is 53.8. The molecular weight excluding hydrogens is 863 g/mol. The van der Waals surface area contributed by atoms with Crippen molar-refractivity contribution >= 4 is 0 Å². The number of rotatable bonds is 22. The van der Waals surface area contributed by atoms with Gasteiger partial charge in [-0.1, -0.05) is 27.7 Å². The second-order valence-corrected chi connectivity index (χ2v) is 23.0. The number of nitrogens with zero attached hydrogens (tertiary/aromatic N) is 3. The monoisotopic (exact) mass is 946 g/mol. The Hall–Kier alpha value is -1.99. The molecule has 4 aliphatic carbocycles. The predicted octanol–water partition coefficient (Wildman–Crippen LogP) is 4.87. The summed E-state index contributed by atoms with van der Waals surface area (Å²) in [5.41, 5.74) is -1.04. The van der Waals surface area contributed by atoms with Crippen molar-refractivity contribution in [3.05, 3.63) is 31.5 Å². The zero-order valence-electron chi connectivity index (χ0n) is 41.1. The van der Waals surface area contributed by atoms with E-state index in [2.05, 4.69) is 27.7 Å². The van der Waals surface area contributed by atoms with Crippen molar-refractivity contribution in [2.45, 2.75) is 211 Å². The Bertz CT molecular complexity index is 1700. The molecule has 5 atom stereocenters. The molecule has 16 heteroatoms. The van der Waals surface area contributed by atoms with Gasteiger partial charge in [-0.05, 0) is 137 Å². The van der Waals surface area contributed by atoms with Crippen molar-refractivity contribution in [1.82, 2.24) is 13.7 Å². The maximum Gasteiger partial charge on any atom is 0.336 e. The summed E-state index contributed by atoms with van der Waals surface area (Å²) >= 11 is 0. The van der Waals surface area contributed by atoms with Gasteiger partial charge in [-0.2, -0.15) is 0 Å². The van der Waals surface area contributed by atoms with Gasteiger partial charge in [0.05, 0.1) is 122 Å². The molecule has 10 rings (SSSR count). The summed E-state index contributed by atoms with van der Waals surface area (Å²) in [6.07, 6.45) is 20.7. The molecule has 0 radical (unpaired) electrons. The molecule has 5 unspecified atom stereocenters. The zero-order valence-corrected chi connectivity index (χ0v) is 41.1. The molecule has 4 saturated carbocycles. The summed E-state index contributed by atoms with van der Waals surface area (Å²) in [6, 6.07) is 0. The van der Waals surface area contributed by atoms with E-state index in [1.54, 1.807) is 0 Å². The Morgan fingerprint density at radius 3 is 0.910 bits per heavy atom. The molecule has 0 amide bonds. The molecule has 9 fully saturated rings. The molecule has 67 heavy (non-hydrogen) atoms. The number of aliphatic hydroxyl groups excluding tert-OH is 1. The summed E-state index contributed by atoms with van der Waals surface area (Å²) in [6.45, 7) is 16.3. The van der Waals surface area contributed by atoms with Gasteiger partial charge in [-0.15, -0.1) is 0 Å². The molecule has 0 aromatic carbocycles. The summed E-state index contributed by atoms with van der Waals surface area (Å²) in [5, 5.41) is 10.7. The number of hydrogen-bond donors (Lipinski definition) is 1. The van der Waals surface area contributed by atoms with Crippen LogP contribution in [0.4, 0.5) is 0 Å². The van der Waals surface area contributed by atoms with E-state index >= 15 is 0 Å². The van der Waals surface area contributed by atoms with Gasteiger partial charge in [-0.3, -0.25) is 0 Å². The Labute approximate surface area is 396 Å². The highest BCUT2D eigenvalue weighted by Gasteiger charge is 2.43. The quantitative estimate of drug-likeness (QED) is 0.156. The van der Waals surface area contributed by atoms with Crippen LogP contribution in [-0.4, -0.2) is 139 Å². The first kappa shape index (κ1) is 50.0. The minimum Gasteiger partial charge on any atom is -0.388 e. The fourth-order valence-electron chi connectivity index (χ4n) is 12.2. The summed E-state index contributed by atoms with van der Waals surface area (Å²) in [5.74, 6) is 3.11. The van der Waals surface area contributed by atoms with E-state index in [-0.39, 0.29) is 50.2 Å². The van der Waals surface area contributed by atoms with Crippen molar-refractivity contribution in [1.29, 1.82) is 0 Å². The predicted molar refractivity (Wildman–Crippen MR) is 248 cm³/mol. The summed E-state index contributed by atoms with van der Waals surface area (Å²) in [7, 11) is 0. The van der Waals surface area contributed by atoms with E-state index in [1.165, 1.54) is 77.0 Å². The highest BCUT2D eigenvalue weighted by molar-refractivity contribution is 4.93. The maximum absolute atomic E-state index is 12.4. The fourth-order valence-corrected chi connectivity index (χ4v) is 12.2. The number of epoxide rings is 5. The molecule has 6 heterocycles. The van der Waals surface area contributed by atoms with Gasteiger partial charge in [0.25, 0.3) is 0 Å². The Morgan fingerprint density at radius 1 is 0.433 bits per heavy atom. The molecule has 1 aromatic rings. The highest BCUT2D eigenvalue weighted by atomic mass is 16.6. The molecular formula is C51H83N3O13. The van der Waals surface area contributed by atoms with Crippen molar-refractivity contribution < 1.29 is 47.7 Å². The average Bonchev–Trinajstić information content (AvgIpc) is 4.13. The van der Waals surface area contributed by atoms with Gasteiger partial charge < -0.3 is 47.7 Å². The zero-order chi connectivity index (χ0) is 46.7. The molecule has 0 spiro atoms. The van der Waals surface area contributed by atoms with Crippen molar-refractivity contribution in [3.8, 4) is 0 Å². The third-order valence-corrected chi connectivity index (χ3v) is 17.5. The van der Waals surface area contributed by atoms with E-state index in [4.69, 9.17) is 42.6 Å². The molecule has 1 N–H and O–H groups in total. The van der Waals surface area contributed by atoms with Crippen molar-refractivity contribution in [2.75, 3.05) is 59.5 Å². The minimum atomic E-state index is -0.594. The molecule has 9 aliphatic rings. The number of hydrogen-bond acceptors (Lipinski definition) is 13. The van der Waals surface area contributed by atoms with E-state index in [0.29, 0.717) is 68.3 Å². The first-order valence-electron chi connectivity index (χ1n) is 26.5. The van der Waals surface area contributed by atoms with Crippen LogP contribution in [-0.2, 0) is 62.3 Å². The fraction of sp³-hybridized carbons (Fsp3) is 0.941. The van der Waals surface area contributed by atoms with Gasteiger partial charge in [0.2, 0.25) is 0 Å². The Balaban J connectivity index is 0.000000221. The standard InChI is InChI=1S/C39H68O7.C12H15N3O6/c1-38(2,29-9-17-34(18-10-29)43-23-36-25-45-36)27-5-13-32(14-6-27)41-21-31(40)22-42-33-15-7-28(8-16-33)39(3,4)30-11-19-35(20-12-30)44-24-37-26-46-37;16-10-13(1-7-4-19-7)11(17)15(3-9-6-21-9)12(18)14(10)2-8-5-20-8/h27-37,40H,5-26H2,1-4H3;7-9H,1-6H2. The van der Waals surface area contributed by atoms with Crippen LogP contribution in [0.15, 0.2) is 14.4 Å². The van der Waals surface area contributed by atoms with Gasteiger partial charge in [0.15, 0.2) is 0 Å². The van der Waals surface area contributed by atoms with Crippen LogP contribution in [0.1, 0.15) is 130 Å². The molecule has 5 aliphatic heterocycles. The van der Waals surface area contributed by atoms with E-state index in [1.807, 2.05) is 0 Å². The lowest BCUT2D eigenvalue weighted by Crippen LogP contribution is -2.55. The van der Waals surface area contributed by atoms with Crippen molar-refractivity contribution in [3.63, 3.8) is 0 Å². The second kappa shape index (κ2) is 22.2. The SMILES string of the molecule is CC(C)(C1CCC(OCC(O)COC2CCC(C(C)(C)C3CCC(OCC4CO4)CC3)CC2)CC1)C1CCC(OCC2CO2)CC1.O=c1n(CC2CO2)c(=O)n(CC2CO2)c(=O)n1CC1CO1. The third-order valence-electron chi connectivity index (χ3n) is 17.5. The van der Waals surface area contributed by atoms with E-state index in [9.17, 15) is 19.5 Å². The van der Waals surface area contributed by atoms with Crippen LogP contribution >= 0.6 is 0 Å². The maximum atomic E-state index is 12.4. The molecule has 5 saturated heterocycles. The van der Waals surface area contributed by atoms with Crippen LogP contribution in [0.25, 0.3) is 0 Å². The molecule has 16 nitrogen and oxygen atoms in total. The van der Waals surface area contributed by atoms with E-state index < -0.39 is 23.2 Å². The number of aliphatic hydroxyl groups is 1. The third kappa shape index (κ3) is 13.9. The first-order chi connectivity index (χ1) is 32.3. The molecule has 1 aromatic heterocycles. The Morgan fingerprint density at radius 2 is 0.672 bits per heavy atom. The normalized spacial score (nSPS) is 36.4. The average molecular weight is 946 g/mol. The number of ether oxygens (including phenoxy) is 9. The Kier molecular flexibility index (Phi) is 16.6. The largest absolute Gasteiger partial charge is 0.388 e. The minimum absolute atomic E-state index is 0.121. The van der Waals surface area contributed by atoms with Crippen LogP contribution in [0, 0.1) is 34.5 Å². The highest BCUT2D eigenvalue weighted by Crippen LogP contribution is 2.50. The second-order valence-electron chi connectivity index (χ2n) is 23.0. The topological polar surface area (TPSA) is 186 Å². The smallest absolute Gasteiger partial charge is 0.336 e. The van der Waals surface area contributed by atoms with Gasteiger partial charge in [0, 0.05) is 0 Å². The molecule has 380 valence electrons. The van der Waals surface area contributed by atoms with Crippen LogP contribution in [0.5, 0.6) is 0 Å². The summed E-state index contributed by atoms with van der Waals surface area (Å²) in [4.78, 5) is 37.1. The van der Waals surface area contributed by atoms with Crippen LogP contribution < -0.4 is 17.1 Å². The molecule has 0 bridgehead atoms.